The van der Waals surface area contributed by atoms with Gasteiger partial charge in [-0.1, -0.05) is 0 Å². The van der Waals surface area contributed by atoms with Gasteiger partial charge in [0.2, 0.25) is 0 Å². The van der Waals surface area contributed by atoms with E-state index in [0.29, 0.717) is 23.7 Å². The average Bonchev–Trinajstić information content (AvgIpc) is 2.91. The van der Waals surface area contributed by atoms with Crippen molar-refractivity contribution in [1.82, 2.24) is 0 Å². The molecule has 18 heavy (non-hydrogen) atoms. The lowest BCUT2D eigenvalue weighted by Crippen LogP contribution is -2.01. The number of hydrogen-bond donors (Lipinski definition) is 0. The first kappa shape index (κ1) is 12.5. The minimum atomic E-state index is 0.542. The molecule has 4 heteroatoms. The highest BCUT2D eigenvalue weighted by molar-refractivity contribution is 7.07. The van der Waals surface area contributed by atoms with Crippen LogP contribution in [-0.4, -0.2) is 13.7 Å². The Labute approximate surface area is 110 Å². The SMILES string of the molecule is COc1cc(C#N)cc(OCCc2ccsc2)c1. The second kappa shape index (κ2) is 6.08. The van der Waals surface area contributed by atoms with E-state index in [1.807, 2.05) is 0 Å². The number of thiophene rings is 1. The zero-order valence-corrected chi connectivity index (χ0v) is 10.9. The monoisotopic (exact) mass is 259 g/mol. The second-order valence-corrected chi connectivity index (χ2v) is 4.52. The van der Waals surface area contributed by atoms with Crippen molar-refractivity contribution in [3.05, 3.63) is 46.2 Å². The predicted octanol–water partition coefficient (Wildman–Crippen LogP) is 3.25. The highest BCUT2D eigenvalue weighted by Gasteiger charge is 2.02. The summed E-state index contributed by atoms with van der Waals surface area (Å²) in [5, 5.41) is 13.1. The maximum atomic E-state index is 8.90. The second-order valence-electron chi connectivity index (χ2n) is 3.74. The summed E-state index contributed by atoms with van der Waals surface area (Å²) in [6, 6.07) is 9.36. The maximum absolute atomic E-state index is 8.90. The Morgan fingerprint density at radius 3 is 2.78 bits per heavy atom. The summed E-state index contributed by atoms with van der Waals surface area (Å²) in [5.74, 6) is 1.31. The van der Waals surface area contributed by atoms with Crippen LogP contribution in [0.15, 0.2) is 35.0 Å². The van der Waals surface area contributed by atoms with Crippen LogP contribution in [-0.2, 0) is 6.42 Å². The number of rotatable bonds is 5. The molecule has 2 aromatic rings. The molecule has 2 rings (SSSR count). The number of nitriles is 1. The first-order valence-corrected chi connectivity index (χ1v) is 6.49. The van der Waals surface area contributed by atoms with Gasteiger partial charge in [-0.15, -0.1) is 0 Å². The van der Waals surface area contributed by atoms with Gasteiger partial charge in [0.05, 0.1) is 25.3 Å². The van der Waals surface area contributed by atoms with Gasteiger partial charge >= 0.3 is 0 Å². The summed E-state index contributed by atoms with van der Waals surface area (Å²) < 4.78 is 10.8. The van der Waals surface area contributed by atoms with Crippen molar-refractivity contribution in [1.29, 1.82) is 5.26 Å². The number of methoxy groups -OCH3 is 1. The summed E-state index contributed by atoms with van der Waals surface area (Å²) in [6.07, 6.45) is 0.864. The van der Waals surface area contributed by atoms with Crippen LogP contribution < -0.4 is 9.47 Å². The molecule has 92 valence electrons. The van der Waals surface area contributed by atoms with Crippen LogP contribution in [0.3, 0.4) is 0 Å². The Kier molecular flexibility index (Phi) is 4.21. The van der Waals surface area contributed by atoms with Crippen molar-refractivity contribution in [3.63, 3.8) is 0 Å². The van der Waals surface area contributed by atoms with Gasteiger partial charge in [0.1, 0.15) is 11.5 Å². The summed E-state index contributed by atoms with van der Waals surface area (Å²) in [7, 11) is 1.58. The van der Waals surface area contributed by atoms with E-state index in [1.54, 1.807) is 36.6 Å². The maximum Gasteiger partial charge on any atom is 0.124 e. The topological polar surface area (TPSA) is 42.2 Å². The Hall–Kier alpha value is -1.99. The fourth-order valence-corrected chi connectivity index (χ4v) is 2.26. The Balaban J connectivity index is 1.98. The highest BCUT2D eigenvalue weighted by Crippen LogP contribution is 2.22. The normalized spacial score (nSPS) is 9.78. The third-order valence-corrected chi connectivity index (χ3v) is 3.22. The Morgan fingerprint density at radius 2 is 2.11 bits per heavy atom. The van der Waals surface area contributed by atoms with Crippen LogP contribution >= 0.6 is 11.3 Å². The number of nitrogens with zero attached hydrogens (tertiary/aromatic N) is 1. The quantitative estimate of drug-likeness (QED) is 0.827. The van der Waals surface area contributed by atoms with Gasteiger partial charge in [0.25, 0.3) is 0 Å². The Bertz CT molecular complexity index is 543. The minimum Gasteiger partial charge on any atom is -0.497 e. The molecule has 0 aliphatic heterocycles. The largest absolute Gasteiger partial charge is 0.497 e. The summed E-state index contributed by atoms with van der Waals surface area (Å²) in [6.45, 7) is 0.592. The van der Waals surface area contributed by atoms with Crippen molar-refractivity contribution in [3.8, 4) is 17.6 Å². The zero-order chi connectivity index (χ0) is 12.8. The van der Waals surface area contributed by atoms with E-state index in [1.165, 1.54) is 5.56 Å². The molecule has 0 spiro atoms. The Morgan fingerprint density at radius 1 is 1.28 bits per heavy atom. The summed E-state index contributed by atoms with van der Waals surface area (Å²) >= 11 is 1.68. The van der Waals surface area contributed by atoms with Gasteiger partial charge in [-0.05, 0) is 34.5 Å². The molecule has 0 radical (unpaired) electrons. The van der Waals surface area contributed by atoms with Crippen molar-refractivity contribution < 1.29 is 9.47 Å². The molecule has 1 heterocycles. The van der Waals surface area contributed by atoms with Crippen LogP contribution in [0.1, 0.15) is 11.1 Å². The van der Waals surface area contributed by atoms with Gasteiger partial charge in [-0.2, -0.15) is 16.6 Å². The molecule has 3 nitrogen and oxygen atoms in total. The number of benzene rings is 1. The van der Waals surface area contributed by atoms with Gasteiger partial charge < -0.3 is 9.47 Å². The smallest absolute Gasteiger partial charge is 0.124 e. The molecule has 0 atom stereocenters. The molecule has 0 aliphatic rings. The molecule has 1 aromatic heterocycles. The average molecular weight is 259 g/mol. The van der Waals surface area contributed by atoms with Gasteiger partial charge in [0.15, 0.2) is 0 Å². The van der Waals surface area contributed by atoms with Crippen molar-refractivity contribution >= 4 is 11.3 Å². The lowest BCUT2D eigenvalue weighted by atomic mass is 10.2. The van der Waals surface area contributed by atoms with Crippen LogP contribution in [0, 0.1) is 11.3 Å². The van der Waals surface area contributed by atoms with E-state index < -0.39 is 0 Å². The molecule has 0 N–H and O–H groups in total. The molecule has 1 aromatic carbocycles. The van der Waals surface area contributed by atoms with Crippen molar-refractivity contribution in [2.45, 2.75) is 6.42 Å². The standard InChI is InChI=1S/C14H13NO2S/c1-16-13-6-12(9-15)7-14(8-13)17-4-2-11-3-5-18-10-11/h3,5-8,10H,2,4H2,1H3. The fraction of sp³-hybridized carbons (Fsp3) is 0.214. The predicted molar refractivity (Wildman–Crippen MR) is 71.2 cm³/mol. The minimum absolute atomic E-state index is 0.542. The molecule has 0 aliphatic carbocycles. The molecular formula is C14H13NO2S. The van der Waals surface area contributed by atoms with Gasteiger partial charge in [-0.25, -0.2) is 0 Å². The third kappa shape index (κ3) is 3.25. The molecular weight excluding hydrogens is 246 g/mol. The van der Waals surface area contributed by atoms with Gasteiger partial charge in [-0.3, -0.25) is 0 Å². The zero-order valence-electron chi connectivity index (χ0n) is 10.1. The van der Waals surface area contributed by atoms with E-state index >= 15 is 0 Å². The van der Waals surface area contributed by atoms with Crippen LogP contribution in [0.25, 0.3) is 0 Å². The number of ether oxygens (including phenoxy) is 2. The molecule has 0 amide bonds. The first-order valence-electron chi connectivity index (χ1n) is 5.55. The van der Waals surface area contributed by atoms with Crippen LogP contribution in [0.5, 0.6) is 11.5 Å². The van der Waals surface area contributed by atoms with E-state index in [0.717, 1.165) is 6.42 Å². The lowest BCUT2D eigenvalue weighted by molar-refractivity contribution is 0.319. The fourth-order valence-electron chi connectivity index (χ4n) is 1.56. The highest BCUT2D eigenvalue weighted by atomic mass is 32.1. The number of hydrogen-bond acceptors (Lipinski definition) is 4. The van der Waals surface area contributed by atoms with Crippen molar-refractivity contribution in [2.75, 3.05) is 13.7 Å². The molecule has 0 bridgehead atoms. The van der Waals surface area contributed by atoms with E-state index in [4.69, 9.17) is 14.7 Å². The summed E-state index contributed by atoms with van der Waals surface area (Å²) in [4.78, 5) is 0. The first-order chi connectivity index (χ1) is 8.81. The molecule has 0 fully saturated rings. The van der Waals surface area contributed by atoms with E-state index in [-0.39, 0.29) is 0 Å². The third-order valence-electron chi connectivity index (χ3n) is 2.48. The lowest BCUT2D eigenvalue weighted by Gasteiger charge is -2.08. The molecule has 0 saturated heterocycles. The van der Waals surface area contributed by atoms with E-state index in [2.05, 4.69) is 22.9 Å². The molecule has 0 unspecified atom stereocenters. The van der Waals surface area contributed by atoms with Gasteiger partial charge in [0, 0.05) is 12.5 Å². The van der Waals surface area contributed by atoms with Crippen molar-refractivity contribution in [2.24, 2.45) is 0 Å². The summed E-state index contributed by atoms with van der Waals surface area (Å²) in [5.41, 5.74) is 1.81. The molecule has 0 saturated carbocycles. The van der Waals surface area contributed by atoms with E-state index in [9.17, 15) is 0 Å². The van der Waals surface area contributed by atoms with Crippen LogP contribution in [0.4, 0.5) is 0 Å². The van der Waals surface area contributed by atoms with Crippen LogP contribution in [0.2, 0.25) is 0 Å².